The van der Waals surface area contributed by atoms with Crippen LogP contribution in [-0.2, 0) is 16.0 Å². The van der Waals surface area contributed by atoms with E-state index in [1.807, 2.05) is 0 Å². The Morgan fingerprint density at radius 2 is 2.05 bits per heavy atom. The summed E-state index contributed by atoms with van der Waals surface area (Å²) >= 11 is 0. The lowest BCUT2D eigenvalue weighted by Gasteiger charge is -2.14. The van der Waals surface area contributed by atoms with Crippen LogP contribution in [0.2, 0.25) is 0 Å². The van der Waals surface area contributed by atoms with Crippen LogP contribution in [-0.4, -0.2) is 19.2 Å². The van der Waals surface area contributed by atoms with Crippen LogP contribution < -0.4 is 4.74 Å². The van der Waals surface area contributed by atoms with Gasteiger partial charge in [-0.05, 0) is 44.2 Å². The van der Waals surface area contributed by atoms with Gasteiger partial charge < -0.3 is 9.47 Å². The second-order valence-corrected chi connectivity index (χ2v) is 5.36. The lowest BCUT2D eigenvalue weighted by molar-refractivity contribution is -0.139. The third-order valence-corrected chi connectivity index (χ3v) is 3.48. The molecular weight excluding hydrogens is 264 g/mol. The monoisotopic (exact) mass is 286 g/mol. The molecule has 0 aromatic heterocycles. The minimum absolute atomic E-state index is 0.321. The minimum Gasteiger partial charge on any atom is -0.493 e. The van der Waals surface area contributed by atoms with Crippen LogP contribution in [0.4, 0.5) is 0 Å². The molecule has 0 bridgehead atoms. The van der Waals surface area contributed by atoms with Crippen LogP contribution in [0.5, 0.6) is 5.75 Å². The van der Waals surface area contributed by atoms with Crippen LogP contribution >= 0.6 is 0 Å². The van der Waals surface area contributed by atoms with E-state index >= 15 is 0 Å². The number of carbonyl (C=O) groups is 1. The van der Waals surface area contributed by atoms with Crippen molar-refractivity contribution in [2.75, 3.05) is 13.2 Å². The summed E-state index contributed by atoms with van der Waals surface area (Å²) in [5.74, 6) is 0.690. The number of fused-ring (bicyclic) bond motifs is 1. The minimum atomic E-state index is -0.321. The molecule has 0 radical (unpaired) electrons. The molecule has 2 rings (SSSR count). The highest BCUT2D eigenvalue weighted by atomic mass is 16.5. The largest absolute Gasteiger partial charge is 0.493 e. The molecule has 21 heavy (non-hydrogen) atoms. The van der Waals surface area contributed by atoms with Crippen LogP contribution in [0.3, 0.4) is 0 Å². The zero-order valence-electron chi connectivity index (χ0n) is 12.8. The van der Waals surface area contributed by atoms with E-state index in [-0.39, 0.29) is 5.97 Å². The van der Waals surface area contributed by atoms with Gasteiger partial charge in [-0.3, -0.25) is 0 Å². The number of hydrogen-bond acceptors (Lipinski definition) is 3. The van der Waals surface area contributed by atoms with Crippen molar-refractivity contribution in [3.63, 3.8) is 0 Å². The number of hydrogen-bond donors (Lipinski definition) is 0. The number of ether oxygens (including phenoxy) is 2. The molecule has 3 heteroatoms. The van der Waals surface area contributed by atoms with Crippen molar-refractivity contribution in [3.8, 4) is 5.75 Å². The maximum Gasteiger partial charge on any atom is 0.333 e. The Morgan fingerprint density at radius 3 is 2.81 bits per heavy atom. The van der Waals surface area contributed by atoms with Gasteiger partial charge >= 0.3 is 5.97 Å². The molecule has 1 aromatic rings. The Balaban J connectivity index is 1.74. The van der Waals surface area contributed by atoms with E-state index in [1.165, 1.54) is 16.7 Å². The van der Waals surface area contributed by atoms with Crippen molar-refractivity contribution >= 4 is 12.0 Å². The second kappa shape index (κ2) is 7.11. The molecule has 1 aliphatic carbocycles. The molecule has 0 spiro atoms. The molecule has 0 saturated heterocycles. The van der Waals surface area contributed by atoms with Crippen molar-refractivity contribution < 1.29 is 14.3 Å². The molecule has 0 amide bonds. The van der Waals surface area contributed by atoms with E-state index in [1.54, 1.807) is 6.92 Å². The van der Waals surface area contributed by atoms with Crippen molar-refractivity contribution in [2.24, 2.45) is 0 Å². The average Bonchev–Trinajstić information content (AvgIpc) is 2.92. The maximum atomic E-state index is 11.2. The Kier molecular flexibility index (Phi) is 5.20. The van der Waals surface area contributed by atoms with Crippen LogP contribution in [0.1, 0.15) is 36.5 Å². The second-order valence-electron chi connectivity index (χ2n) is 5.36. The summed E-state index contributed by atoms with van der Waals surface area (Å²) in [5, 5.41) is 0. The number of allylic oxidation sites excluding steroid dienone is 1. The normalized spacial score (nSPS) is 12.1. The van der Waals surface area contributed by atoms with Gasteiger partial charge in [-0.2, -0.15) is 0 Å². The molecule has 0 fully saturated rings. The van der Waals surface area contributed by atoms with Gasteiger partial charge in [0.05, 0.1) is 13.2 Å². The summed E-state index contributed by atoms with van der Waals surface area (Å²) in [7, 11) is 0. The van der Waals surface area contributed by atoms with Gasteiger partial charge in [0.1, 0.15) is 5.75 Å². The van der Waals surface area contributed by atoms with E-state index in [0.29, 0.717) is 18.8 Å². The first-order valence-corrected chi connectivity index (χ1v) is 7.34. The molecule has 0 aliphatic heterocycles. The zero-order valence-corrected chi connectivity index (χ0v) is 12.8. The van der Waals surface area contributed by atoms with Gasteiger partial charge in [-0.1, -0.05) is 30.9 Å². The summed E-state index contributed by atoms with van der Waals surface area (Å²) in [4.78, 5) is 11.2. The summed E-state index contributed by atoms with van der Waals surface area (Å²) in [6.07, 6.45) is 6.90. The smallest absolute Gasteiger partial charge is 0.333 e. The van der Waals surface area contributed by atoms with Crippen molar-refractivity contribution in [3.05, 3.63) is 47.1 Å². The Morgan fingerprint density at radius 1 is 1.29 bits per heavy atom. The average molecular weight is 286 g/mol. The van der Waals surface area contributed by atoms with E-state index < -0.39 is 0 Å². The summed E-state index contributed by atoms with van der Waals surface area (Å²) in [6, 6.07) is 4.23. The highest BCUT2D eigenvalue weighted by Gasteiger charge is 2.13. The van der Waals surface area contributed by atoms with Crippen molar-refractivity contribution in [1.82, 2.24) is 0 Å². The SMILES string of the molecule is C=C(C)C(=O)OCCCCOc1c(C)ccc2c1CC=C2. The maximum absolute atomic E-state index is 11.2. The van der Waals surface area contributed by atoms with Crippen molar-refractivity contribution in [2.45, 2.75) is 33.1 Å². The molecule has 0 saturated carbocycles. The first kappa shape index (κ1) is 15.4. The first-order chi connectivity index (χ1) is 10.1. The van der Waals surface area contributed by atoms with E-state index in [4.69, 9.17) is 9.47 Å². The van der Waals surface area contributed by atoms with E-state index in [2.05, 4.69) is 37.8 Å². The lowest BCUT2D eigenvalue weighted by Crippen LogP contribution is -2.08. The molecule has 0 unspecified atom stereocenters. The Bertz CT molecular complexity index is 570. The fourth-order valence-electron chi connectivity index (χ4n) is 2.30. The standard InChI is InChI=1S/C18H22O3/c1-13(2)18(19)21-12-5-4-11-20-17-14(3)9-10-15-7-6-8-16(15)17/h6-7,9-10H,1,4-5,8,11-12H2,2-3H3. The van der Waals surface area contributed by atoms with Crippen LogP contribution in [0.15, 0.2) is 30.4 Å². The molecule has 0 N–H and O–H groups in total. The van der Waals surface area contributed by atoms with Gasteiger partial charge in [0, 0.05) is 11.1 Å². The quantitative estimate of drug-likeness (QED) is 0.434. The van der Waals surface area contributed by atoms with E-state index in [0.717, 1.165) is 25.0 Å². The van der Waals surface area contributed by atoms with Gasteiger partial charge in [0.15, 0.2) is 0 Å². The molecule has 0 atom stereocenters. The van der Waals surface area contributed by atoms with Gasteiger partial charge in [-0.25, -0.2) is 4.79 Å². The number of unbranched alkanes of at least 4 members (excludes halogenated alkanes) is 1. The van der Waals surface area contributed by atoms with Crippen molar-refractivity contribution in [1.29, 1.82) is 0 Å². The van der Waals surface area contributed by atoms with Gasteiger partial charge in [0.25, 0.3) is 0 Å². The summed E-state index contributed by atoms with van der Waals surface area (Å²) < 4.78 is 11.0. The predicted molar refractivity (Wildman–Crippen MR) is 84.4 cm³/mol. The molecular formula is C18H22O3. The lowest BCUT2D eigenvalue weighted by atomic mass is 10.0. The molecule has 1 aromatic carbocycles. The fourth-order valence-corrected chi connectivity index (χ4v) is 2.30. The first-order valence-electron chi connectivity index (χ1n) is 7.34. The van der Waals surface area contributed by atoms with Crippen LogP contribution in [0, 0.1) is 6.92 Å². The highest BCUT2D eigenvalue weighted by Crippen LogP contribution is 2.32. The van der Waals surface area contributed by atoms with E-state index in [9.17, 15) is 4.79 Å². The van der Waals surface area contributed by atoms with Gasteiger partial charge in [-0.15, -0.1) is 0 Å². The topological polar surface area (TPSA) is 35.5 Å². The number of carbonyl (C=O) groups excluding carboxylic acids is 1. The fraction of sp³-hybridized carbons (Fsp3) is 0.389. The number of rotatable bonds is 7. The Hall–Kier alpha value is -2.03. The van der Waals surface area contributed by atoms with Crippen LogP contribution in [0.25, 0.3) is 6.08 Å². The third-order valence-electron chi connectivity index (χ3n) is 3.48. The third kappa shape index (κ3) is 3.97. The molecule has 1 aliphatic rings. The van der Waals surface area contributed by atoms with Gasteiger partial charge in [0.2, 0.25) is 0 Å². The number of aryl methyl sites for hydroxylation is 1. The zero-order chi connectivity index (χ0) is 15.2. The molecule has 112 valence electrons. The highest BCUT2D eigenvalue weighted by molar-refractivity contribution is 5.86. The predicted octanol–water partition coefficient (Wildman–Crippen LogP) is 3.84. The number of benzene rings is 1. The number of esters is 1. The Labute approximate surface area is 126 Å². The summed E-state index contributed by atoms with van der Waals surface area (Å²) in [5.41, 5.74) is 4.15. The molecule has 3 nitrogen and oxygen atoms in total. The summed E-state index contributed by atoms with van der Waals surface area (Å²) in [6.45, 7) is 8.33. The molecule has 0 heterocycles.